The van der Waals surface area contributed by atoms with Crippen molar-refractivity contribution in [2.24, 2.45) is 5.84 Å². The summed E-state index contributed by atoms with van der Waals surface area (Å²) in [7, 11) is -3.40. The first-order chi connectivity index (χ1) is 6.32. The van der Waals surface area contributed by atoms with Crippen molar-refractivity contribution in [3.63, 3.8) is 0 Å². The highest BCUT2D eigenvalue weighted by Crippen LogP contribution is 2.23. The minimum atomic E-state index is -3.40. The fourth-order valence-corrected chi connectivity index (χ4v) is 2.08. The number of nitrogens with zero attached hydrogens (tertiary/aromatic N) is 1. The van der Waals surface area contributed by atoms with Crippen LogP contribution in [-0.2, 0) is 10.0 Å². The first-order valence-electron chi connectivity index (χ1n) is 3.83. The number of hydrogen-bond acceptors (Lipinski definition) is 3. The highest BCUT2D eigenvalue weighted by molar-refractivity contribution is 9.10. The highest BCUT2D eigenvalue weighted by atomic mass is 79.9. The second kappa shape index (κ2) is 3.88. The molecule has 1 aromatic rings. The largest absolute Gasteiger partial charge is 0.245 e. The van der Waals surface area contributed by atoms with Crippen LogP contribution in [0.1, 0.15) is 5.56 Å². The van der Waals surface area contributed by atoms with Gasteiger partial charge >= 0.3 is 0 Å². The summed E-state index contributed by atoms with van der Waals surface area (Å²) in [6.07, 6.45) is 1.06. The van der Waals surface area contributed by atoms with Gasteiger partial charge in [-0.15, -0.1) is 0 Å². The molecule has 0 fully saturated rings. The SMILES string of the molecule is Cc1cc(Br)ccc1N(N)S(C)(=O)=O. The molecule has 0 saturated heterocycles. The zero-order valence-electron chi connectivity index (χ0n) is 7.86. The molecule has 4 nitrogen and oxygen atoms in total. The van der Waals surface area contributed by atoms with E-state index in [-0.39, 0.29) is 0 Å². The van der Waals surface area contributed by atoms with Crippen LogP contribution in [0.3, 0.4) is 0 Å². The lowest BCUT2D eigenvalue weighted by Crippen LogP contribution is -2.36. The molecule has 0 aromatic heterocycles. The van der Waals surface area contributed by atoms with E-state index in [4.69, 9.17) is 5.84 Å². The van der Waals surface area contributed by atoms with Gasteiger partial charge in [-0.05, 0) is 30.7 Å². The third kappa shape index (κ3) is 2.46. The fraction of sp³-hybridized carbons (Fsp3) is 0.250. The Bertz CT molecular complexity index is 445. The van der Waals surface area contributed by atoms with Crippen LogP contribution in [0, 0.1) is 6.92 Å². The Balaban J connectivity index is 3.21. The number of hydrogen-bond donors (Lipinski definition) is 1. The summed E-state index contributed by atoms with van der Waals surface area (Å²) >= 11 is 3.29. The van der Waals surface area contributed by atoms with E-state index in [0.717, 1.165) is 20.7 Å². The van der Waals surface area contributed by atoms with Gasteiger partial charge in [0, 0.05) is 4.47 Å². The molecule has 0 atom stereocenters. The van der Waals surface area contributed by atoms with Crippen molar-refractivity contribution in [2.45, 2.75) is 6.92 Å². The topological polar surface area (TPSA) is 63.4 Å². The van der Waals surface area contributed by atoms with Crippen LogP contribution in [0.4, 0.5) is 5.69 Å². The van der Waals surface area contributed by atoms with Gasteiger partial charge in [-0.3, -0.25) is 0 Å². The smallest absolute Gasteiger partial charge is 0.233 e. The van der Waals surface area contributed by atoms with E-state index >= 15 is 0 Å². The maximum absolute atomic E-state index is 11.2. The zero-order chi connectivity index (χ0) is 10.9. The average Bonchev–Trinajstić information content (AvgIpc) is 2.01. The third-order valence-electron chi connectivity index (χ3n) is 1.75. The molecule has 0 spiro atoms. The summed E-state index contributed by atoms with van der Waals surface area (Å²) in [5.41, 5.74) is 1.28. The van der Waals surface area contributed by atoms with Crippen molar-refractivity contribution in [3.8, 4) is 0 Å². The monoisotopic (exact) mass is 278 g/mol. The van der Waals surface area contributed by atoms with Crippen molar-refractivity contribution in [1.29, 1.82) is 0 Å². The van der Waals surface area contributed by atoms with E-state index < -0.39 is 10.0 Å². The Morgan fingerprint density at radius 1 is 1.43 bits per heavy atom. The quantitative estimate of drug-likeness (QED) is 0.657. The number of rotatable bonds is 2. The van der Waals surface area contributed by atoms with Crippen molar-refractivity contribution in [1.82, 2.24) is 0 Å². The number of hydrazine groups is 1. The Hall–Kier alpha value is -0.590. The number of nitrogens with two attached hydrogens (primary N) is 1. The highest BCUT2D eigenvalue weighted by Gasteiger charge is 2.14. The zero-order valence-corrected chi connectivity index (χ0v) is 10.3. The van der Waals surface area contributed by atoms with Gasteiger partial charge in [0.25, 0.3) is 0 Å². The van der Waals surface area contributed by atoms with E-state index in [2.05, 4.69) is 15.9 Å². The molecule has 1 rings (SSSR count). The predicted molar refractivity (Wildman–Crippen MR) is 60.4 cm³/mol. The minimum absolute atomic E-state index is 0.482. The van der Waals surface area contributed by atoms with Gasteiger partial charge in [-0.25, -0.2) is 18.7 Å². The van der Waals surface area contributed by atoms with Crippen LogP contribution < -0.4 is 10.3 Å². The summed E-state index contributed by atoms with van der Waals surface area (Å²) in [6.45, 7) is 1.80. The van der Waals surface area contributed by atoms with Gasteiger partial charge in [0.15, 0.2) is 0 Å². The van der Waals surface area contributed by atoms with Crippen LogP contribution in [0.25, 0.3) is 0 Å². The number of sulfonamides is 1. The van der Waals surface area contributed by atoms with E-state index in [1.54, 1.807) is 25.1 Å². The van der Waals surface area contributed by atoms with Crippen LogP contribution in [0.2, 0.25) is 0 Å². The van der Waals surface area contributed by atoms with Crippen molar-refractivity contribution in [2.75, 3.05) is 10.7 Å². The summed E-state index contributed by atoms with van der Waals surface area (Å²) < 4.78 is 24.0. The standard InChI is InChI=1S/C8H11BrN2O2S/c1-6-5-7(9)3-4-8(6)11(10)14(2,12)13/h3-5H,10H2,1-2H3. The molecule has 0 aliphatic heterocycles. The number of benzene rings is 1. The molecule has 0 aliphatic carbocycles. The second-order valence-electron chi connectivity index (χ2n) is 2.99. The van der Waals surface area contributed by atoms with Crippen LogP contribution in [0.15, 0.2) is 22.7 Å². The van der Waals surface area contributed by atoms with Crippen LogP contribution in [-0.4, -0.2) is 14.7 Å². The molecule has 2 N–H and O–H groups in total. The summed E-state index contributed by atoms with van der Waals surface area (Å²) in [5.74, 6) is 5.45. The molecular formula is C8H11BrN2O2S. The van der Waals surface area contributed by atoms with Gasteiger partial charge < -0.3 is 0 Å². The predicted octanol–water partition coefficient (Wildman–Crippen LogP) is 1.40. The maximum Gasteiger partial charge on any atom is 0.245 e. The lowest BCUT2D eigenvalue weighted by molar-refractivity contribution is 0.598. The van der Waals surface area contributed by atoms with Gasteiger partial charge in [0.05, 0.1) is 11.9 Å². The molecular weight excluding hydrogens is 268 g/mol. The first-order valence-corrected chi connectivity index (χ1v) is 6.47. The molecule has 0 radical (unpaired) electrons. The van der Waals surface area contributed by atoms with Crippen LogP contribution in [0.5, 0.6) is 0 Å². The molecule has 6 heteroatoms. The molecule has 0 heterocycles. The average molecular weight is 279 g/mol. The first kappa shape index (κ1) is 11.5. The molecule has 0 amide bonds. The van der Waals surface area contributed by atoms with Gasteiger partial charge in [-0.1, -0.05) is 15.9 Å². The van der Waals surface area contributed by atoms with E-state index in [0.29, 0.717) is 5.69 Å². The summed E-state index contributed by atoms with van der Waals surface area (Å²) in [5, 5.41) is 0. The van der Waals surface area contributed by atoms with E-state index in [1.807, 2.05) is 0 Å². The van der Waals surface area contributed by atoms with Crippen molar-refractivity contribution < 1.29 is 8.42 Å². The summed E-state index contributed by atoms with van der Waals surface area (Å²) in [6, 6.07) is 5.20. The summed E-state index contributed by atoms with van der Waals surface area (Å²) in [4.78, 5) is 0. The van der Waals surface area contributed by atoms with E-state index in [1.165, 1.54) is 0 Å². The van der Waals surface area contributed by atoms with Crippen LogP contribution >= 0.6 is 15.9 Å². The van der Waals surface area contributed by atoms with Gasteiger partial charge in [0.2, 0.25) is 10.0 Å². The van der Waals surface area contributed by atoms with Crippen molar-refractivity contribution >= 4 is 31.6 Å². The molecule has 78 valence electrons. The number of aryl methyl sites for hydroxylation is 1. The Kier molecular flexibility index (Phi) is 3.18. The fourth-order valence-electron chi connectivity index (χ4n) is 1.04. The molecule has 0 unspecified atom stereocenters. The van der Waals surface area contributed by atoms with Gasteiger partial charge in [0.1, 0.15) is 0 Å². The molecule has 0 aliphatic rings. The molecule has 0 bridgehead atoms. The lowest BCUT2D eigenvalue weighted by atomic mass is 10.2. The molecule has 0 saturated carbocycles. The molecule has 14 heavy (non-hydrogen) atoms. The number of halogens is 1. The Morgan fingerprint density at radius 3 is 2.43 bits per heavy atom. The lowest BCUT2D eigenvalue weighted by Gasteiger charge is -2.18. The maximum atomic E-state index is 11.2. The Morgan fingerprint density at radius 2 is 2.00 bits per heavy atom. The molecule has 1 aromatic carbocycles. The van der Waals surface area contributed by atoms with E-state index in [9.17, 15) is 8.42 Å². The van der Waals surface area contributed by atoms with Gasteiger partial charge in [-0.2, -0.15) is 0 Å². The normalized spacial score (nSPS) is 11.4. The number of anilines is 1. The second-order valence-corrected chi connectivity index (χ2v) is 5.76. The van der Waals surface area contributed by atoms with Crippen molar-refractivity contribution in [3.05, 3.63) is 28.2 Å². The minimum Gasteiger partial charge on any atom is -0.233 e. The Labute approximate surface area is 91.9 Å². The third-order valence-corrected chi connectivity index (χ3v) is 3.16.